The molecule has 1 fully saturated rings. The Kier molecular flexibility index (Phi) is 13.7. The molecule has 1 aliphatic rings. The van der Waals surface area contributed by atoms with Crippen LogP contribution in [0.2, 0.25) is 10.0 Å². The van der Waals surface area contributed by atoms with Crippen molar-refractivity contribution in [1.82, 2.24) is 19.9 Å². The number of nitrogens with zero attached hydrogens (tertiary/aromatic N) is 2. The molecule has 1 saturated heterocycles. The number of hydrogen-bond acceptors (Lipinski definition) is 9. The number of carboxylic acids is 1. The van der Waals surface area contributed by atoms with Crippen LogP contribution in [0.5, 0.6) is 0 Å². The van der Waals surface area contributed by atoms with Gasteiger partial charge in [0, 0.05) is 33.9 Å². The molecule has 6 rings (SSSR count). The van der Waals surface area contributed by atoms with E-state index in [0.29, 0.717) is 34.4 Å². The number of amides is 2. The Labute approximate surface area is 327 Å². The van der Waals surface area contributed by atoms with Gasteiger partial charge in [-0.05, 0) is 110 Å². The lowest BCUT2D eigenvalue weighted by Gasteiger charge is -2.23. The van der Waals surface area contributed by atoms with E-state index in [0.717, 1.165) is 15.4 Å². The number of aromatic carboxylic acids is 1. The van der Waals surface area contributed by atoms with E-state index in [1.807, 2.05) is 13.8 Å². The minimum Gasteiger partial charge on any atom is -0.475 e. The number of carbonyl (C=O) groups is 4. The number of benzene rings is 2. The summed E-state index contributed by atoms with van der Waals surface area (Å²) >= 11 is 11.7. The van der Waals surface area contributed by atoms with Crippen LogP contribution in [0.4, 0.5) is 0 Å². The first kappa shape index (κ1) is 40.9. The second-order valence-electron chi connectivity index (χ2n) is 13.0. The third kappa shape index (κ3) is 10.9. The molecular weight excluding hydrogens is 771 g/mol. The molecule has 0 radical (unpaired) electrons. The molecule has 0 aliphatic carbocycles. The highest BCUT2D eigenvalue weighted by Gasteiger charge is 2.35. The maximum Gasteiger partial charge on any atom is 0.371 e. The Morgan fingerprint density at radius 2 is 1.45 bits per heavy atom. The summed E-state index contributed by atoms with van der Waals surface area (Å²) < 4.78 is 37.9. The number of Topliss-reactive ketones (excluding diaryl/α,β-unsaturated/α-hetero) is 1. The quantitative estimate of drug-likeness (QED) is 0.126. The highest BCUT2D eigenvalue weighted by atomic mass is 35.5. The van der Waals surface area contributed by atoms with E-state index in [4.69, 9.17) is 37.1 Å². The average Bonchev–Trinajstić information content (AvgIpc) is 3.83. The number of ketones is 1. The van der Waals surface area contributed by atoms with Crippen LogP contribution in [0.15, 0.2) is 111 Å². The summed E-state index contributed by atoms with van der Waals surface area (Å²) in [5, 5.41) is 15.2. The van der Waals surface area contributed by atoms with Crippen LogP contribution in [0.25, 0.3) is 22.6 Å². The summed E-state index contributed by atoms with van der Waals surface area (Å²) in [5.74, 6) is -1.58. The SMILES string of the molecule is CC(C)C[C@H](NC(=O)c1ccc(-c2ccc(Cl)cc2)o1)C(=O)NC1CCCN(S(=O)(=O)c2ccccn2)CC1=O.O=C(O)c1ccc(-c2ccc(Cl)cc2)o1. The molecule has 0 spiro atoms. The second kappa shape index (κ2) is 18.4. The molecule has 2 aromatic carbocycles. The van der Waals surface area contributed by atoms with E-state index in [1.165, 1.54) is 24.4 Å². The summed E-state index contributed by atoms with van der Waals surface area (Å²) in [4.78, 5) is 53.8. The van der Waals surface area contributed by atoms with Crippen molar-refractivity contribution in [2.75, 3.05) is 13.1 Å². The molecule has 0 saturated carbocycles. The molecule has 0 bridgehead atoms. The predicted molar refractivity (Wildman–Crippen MR) is 205 cm³/mol. The molecule has 16 heteroatoms. The van der Waals surface area contributed by atoms with Crippen molar-refractivity contribution in [3.63, 3.8) is 0 Å². The minimum atomic E-state index is -3.95. The zero-order chi connectivity index (χ0) is 39.7. The smallest absolute Gasteiger partial charge is 0.371 e. The molecule has 2 atom stereocenters. The fourth-order valence-electron chi connectivity index (χ4n) is 5.64. The van der Waals surface area contributed by atoms with E-state index < -0.39 is 45.7 Å². The average molecular weight is 810 g/mol. The zero-order valence-electron chi connectivity index (χ0n) is 29.8. The van der Waals surface area contributed by atoms with Crippen molar-refractivity contribution in [2.24, 2.45) is 5.92 Å². The fraction of sp³-hybridized carbons (Fsp3) is 0.256. The lowest BCUT2D eigenvalue weighted by atomic mass is 10.0. The number of carboxylic acid groups (broad SMARTS) is 1. The molecule has 4 heterocycles. The number of furan rings is 2. The number of sulfonamides is 1. The van der Waals surface area contributed by atoms with E-state index >= 15 is 0 Å². The van der Waals surface area contributed by atoms with Gasteiger partial charge >= 0.3 is 5.97 Å². The van der Waals surface area contributed by atoms with Crippen LogP contribution in [-0.4, -0.2) is 71.6 Å². The highest BCUT2D eigenvalue weighted by Crippen LogP contribution is 2.25. The van der Waals surface area contributed by atoms with Crippen molar-refractivity contribution in [1.29, 1.82) is 0 Å². The summed E-state index contributed by atoms with van der Waals surface area (Å²) in [6.45, 7) is 3.56. The summed E-state index contributed by atoms with van der Waals surface area (Å²) in [5.41, 5.74) is 1.54. The molecule has 3 aromatic heterocycles. The molecule has 5 aromatic rings. The molecule has 1 unspecified atom stereocenters. The van der Waals surface area contributed by atoms with Crippen LogP contribution in [0, 0.1) is 5.92 Å². The predicted octanol–water partition coefficient (Wildman–Crippen LogP) is 6.98. The number of hydrogen-bond donors (Lipinski definition) is 3. The number of aromatic nitrogens is 1. The first-order chi connectivity index (χ1) is 26.2. The summed E-state index contributed by atoms with van der Waals surface area (Å²) in [7, 11) is -3.95. The Bertz CT molecular complexity index is 2220. The van der Waals surface area contributed by atoms with Gasteiger partial charge < -0.3 is 24.6 Å². The molecule has 13 nitrogen and oxygen atoms in total. The molecule has 288 valence electrons. The number of pyridine rings is 1. The lowest BCUT2D eigenvalue weighted by Crippen LogP contribution is -2.52. The molecule has 55 heavy (non-hydrogen) atoms. The fourth-order valence-corrected chi connectivity index (χ4v) is 7.27. The van der Waals surface area contributed by atoms with Gasteiger partial charge in [0.1, 0.15) is 17.6 Å². The van der Waals surface area contributed by atoms with Crippen molar-refractivity contribution in [3.8, 4) is 22.6 Å². The number of carbonyl (C=O) groups excluding carboxylic acids is 3. The zero-order valence-corrected chi connectivity index (χ0v) is 32.1. The van der Waals surface area contributed by atoms with Gasteiger partial charge in [-0.1, -0.05) is 43.1 Å². The Balaban J connectivity index is 0.000000321. The van der Waals surface area contributed by atoms with Crippen LogP contribution in [-0.2, 0) is 19.6 Å². The first-order valence-electron chi connectivity index (χ1n) is 17.2. The van der Waals surface area contributed by atoms with Crippen molar-refractivity contribution in [2.45, 2.75) is 50.2 Å². The van der Waals surface area contributed by atoms with Crippen LogP contribution in [0.3, 0.4) is 0 Å². The normalized spacial score (nSPS) is 15.4. The van der Waals surface area contributed by atoms with Gasteiger partial charge in [0.15, 0.2) is 16.6 Å². The third-order valence-electron chi connectivity index (χ3n) is 8.41. The van der Waals surface area contributed by atoms with E-state index in [-0.39, 0.29) is 42.0 Å². The largest absolute Gasteiger partial charge is 0.475 e. The number of halogens is 2. The standard InChI is InChI=1S/C28H31ClN4O6S.C11H7ClO3/c1-18(2)16-22(32-28(36)25-13-12-24(39-25)19-8-10-20(29)11-9-19)27(35)31-21-6-5-15-33(17-23(21)34)40(37,38)26-7-3-4-14-30-26;12-8-3-1-7(2-4-8)9-5-6-10(15-9)11(13)14/h3-4,7-14,18,21-22H,5-6,15-17H2,1-2H3,(H,31,35)(H,32,36);1-6H,(H,13,14)/t21?,22-;/m0./s1. The highest BCUT2D eigenvalue weighted by molar-refractivity contribution is 7.89. The molecule has 1 aliphatic heterocycles. The van der Waals surface area contributed by atoms with Crippen LogP contribution in [0.1, 0.15) is 54.2 Å². The van der Waals surface area contributed by atoms with Gasteiger partial charge in [-0.15, -0.1) is 0 Å². The van der Waals surface area contributed by atoms with Gasteiger partial charge in [0.2, 0.25) is 11.7 Å². The Morgan fingerprint density at radius 3 is 1.98 bits per heavy atom. The minimum absolute atomic E-state index is 0.0346. The Hall–Kier alpha value is -5.28. The van der Waals surface area contributed by atoms with E-state index in [2.05, 4.69) is 15.6 Å². The maximum atomic E-state index is 13.3. The van der Waals surface area contributed by atoms with Crippen molar-refractivity contribution >= 4 is 56.8 Å². The third-order valence-corrected chi connectivity index (χ3v) is 10.7. The summed E-state index contributed by atoms with van der Waals surface area (Å²) in [6, 6.07) is 22.9. The van der Waals surface area contributed by atoms with Crippen LogP contribution < -0.4 is 10.6 Å². The molecular formula is C39H38Cl2N4O9S. The van der Waals surface area contributed by atoms with Gasteiger partial charge in [-0.3, -0.25) is 14.4 Å². The van der Waals surface area contributed by atoms with E-state index in [9.17, 15) is 27.6 Å². The molecule has 2 amide bonds. The topological polar surface area (TPSA) is 189 Å². The first-order valence-corrected chi connectivity index (χ1v) is 19.4. The van der Waals surface area contributed by atoms with Gasteiger partial charge in [-0.2, -0.15) is 4.31 Å². The monoisotopic (exact) mass is 808 g/mol. The van der Waals surface area contributed by atoms with Gasteiger partial charge in [0.05, 0.1) is 12.6 Å². The van der Waals surface area contributed by atoms with Crippen molar-refractivity contribution < 1.29 is 41.5 Å². The van der Waals surface area contributed by atoms with Gasteiger partial charge in [0.25, 0.3) is 15.9 Å². The number of rotatable bonds is 11. The van der Waals surface area contributed by atoms with E-state index in [1.54, 1.807) is 72.8 Å². The van der Waals surface area contributed by atoms with Crippen molar-refractivity contribution in [3.05, 3.63) is 119 Å². The Morgan fingerprint density at radius 1 is 0.873 bits per heavy atom. The lowest BCUT2D eigenvalue weighted by molar-refractivity contribution is -0.129. The maximum absolute atomic E-state index is 13.3. The van der Waals surface area contributed by atoms with Gasteiger partial charge in [-0.25, -0.2) is 18.2 Å². The van der Waals surface area contributed by atoms with Crippen LogP contribution >= 0.6 is 23.2 Å². The molecule has 3 N–H and O–H groups in total. The second-order valence-corrected chi connectivity index (χ2v) is 15.7. The number of nitrogens with one attached hydrogen (secondary N) is 2. The summed E-state index contributed by atoms with van der Waals surface area (Å²) in [6.07, 6.45) is 2.33.